The van der Waals surface area contributed by atoms with Crippen molar-refractivity contribution in [1.82, 2.24) is 4.90 Å². The van der Waals surface area contributed by atoms with Gasteiger partial charge < -0.3 is 14.6 Å². The molecule has 1 amide bonds. The highest BCUT2D eigenvalue weighted by molar-refractivity contribution is 8.03. The van der Waals surface area contributed by atoms with Gasteiger partial charge in [0.15, 0.2) is 17.2 Å². The number of benzene rings is 2. The highest BCUT2D eigenvalue weighted by Crippen LogP contribution is 2.53. The van der Waals surface area contributed by atoms with Crippen molar-refractivity contribution in [2.75, 3.05) is 20.0 Å². The Morgan fingerprint density at radius 2 is 1.97 bits per heavy atom. The van der Waals surface area contributed by atoms with Crippen molar-refractivity contribution in [3.05, 3.63) is 70.0 Å². The van der Waals surface area contributed by atoms with Crippen LogP contribution in [0.15, 0.2) is 53.1 Å². The molecule has 1 saturated heterocycles. The summed E-state index contributed by atoms with van der Waals surface area (Å²) < 4.78 is 24.2. The number of thioether (sulfide) groups is 1. The lowest BCUT2D eigenvalue weighted by atomic mass is 9.84. The zero-order valence-corrected chi connectivity index (χ0v) is 17.2. The Balaban J connectivity index is 1.83. The highest BCUT2D eigenvalue weighted by Gasteiger charge is 2.52. The Kier molecular flexibility index (Phi) is 5.18. The van der Waals surface area contributed by atoms with E-state index in [1.807, 2.05) is 0 Å². The van der Waals surface area contributed by atoms with E-state index in [0.717, 1.165) is 0 Å². The summed E-state index contributed by atoms with van der Waals surface area (Å²) >= 11 is 1.24. The van der Waals surface area contributed by atoms with Crippen LogP contribution in [0.3, 0.4) is 0 Å². The van der Waals surface area contributed by atoms with Crippen LogP contribution in [-0.4, -0.2) is 35.9 Å². The molecule has 2 aliphatic rings. The maximum Gasteiger partial charge on any atom is 0.231 e. The van der Waals surface area contributed by atoms with Crippen molar-refractivity contribution >= 4 is 17.7 Å². The van der Waals surface area contributed by atoms with Crippen LogP contribution in [0.5, 0.6) is 11.5 Å². The number of nitriles is 1. The van der Waals surface area contributed by atoms with E-state index < -0.39 is 17.5 Å². The molecule has 2 aromatic rings. The standard InChI is InChI=1S/C22H19FN2O4S/c1-28-18-5-3-4-15(20(18)29-2)16-10-19(26)25-21(17(16)11-24)30-12-22(25,27)13-6-8-14(23)9-7-13/h3-9,16,27H,10,12H2,1-2H3/t16-,22-/m1/s1. The highest BCUT2D eigenvalue weighted by atomic mass is 32.2. The molecule has 2 atom stereocenters. The van der Waals surface area contributed by atoms with E-state index in [9.17, 15) is 19.6 Å². The van der Waals surface area contributed by atoms with Gasteiger partial charge in [-0.3, -0.25) is 9.69 Å². The molecule has 0 spiro atoms. The number of hydrogen-bond donors (Lipinski definition) is 1. The zero-order valence-electron chi connectivity index (χ0n) is 16.4. The molecule has 1 N–H and O–H groups in total. The third-order valence-corrected chi connectivity index (χ3v) is 6.65. The molecule has 0 aromatic heterocycles. The summed E-state index contributed by atoms with van der Waals surface area (Å²) in [6, 6.07) is 12.9. The second-order valence-corrected chi connectivity index (χ2v) is 7.98. The number of amides is 1. The summed E-state index contributed by atoms with van der Waals surface area (Å²) in [6.45, 7) is 0. The largest absolute Gasteiger partial charge is 0.493 e. The first-order valence-corrected chi connectivity index (χ1v) is 10.2. The molecule has 6 nitrogen and oxygen atoms in total. The van der Waals surface area contributed by atoms with Gasteiger partial charge in [0, 0.05) is 23.5 Å². The molecule has 1 fully saturated rings. The molecule has 0 radical (unpaired) electrons. The monoisotopic (exact) mass is 426 g/mol. The first-order chi connectivity index (χ1) is 14.4. The number of halogens is 1. The number of para-hydroxylation sites is 1. The lowest BCUT2D eigenvalue weighted by molar-refractivity contribution is -0.149. The smallest absolute Gasteiger partial charge is 0.231 e. The van der Waals surface area contributed by atoms with Gasteiger partial charge in [-0.15, -0.1) is 11.8 Å². The minimum atomic E-state index is -1.64. The molecule has 2 heterocycles. The molecule has 0 saturated carbocycles. The number of aliphatic hydroxyl groups is 1. The number of carbonyl (C=O) groups is 1. The fraction of sp³-hybridized carbons (Fsp3) is 0.273. The van der Waals surface area contributed by atoms with Crippen molar-refractivity contribution in [2.45, 2.75) is 18.1 Å². The van der Waals surface area contributed by atoms with Crippen molar-refractivity contribution < 1.29 is 23.8 Å². The van der Waals surface area contributed by atoms with Gasteiger partial charge in [0.2, 0.25) is 5.91 Å². The molecule has 0 bridgehead atoms. The van der Waals surface area contributed by atoms with Crippen molar-refractivity contribution in [2.24, 2.45) is 0 Å². The van der Waals surface area contributed by atoms with Gasteiger partial charge >= 0.3 is 0 Å². The summed E-state index contributed by atoms with van der Waals surface area (Å²) in [6.07, 6.45) is -0.0139. The zero-order chi connectivity index (χ0) is 21.5. The predicted molar refractivity (Wildman–Crippen MR) is 109 cm³/mol. The number of hydrogen-bond acceptors (Lipinski definition) is 6. The van der Waals surface area contributed by atoms with Gasteiger partial charge in [0.25, 0.3) is 0 Å². The third kappa shape index (κ3) is 3.02. The van der Waals surface area contributed by atoms with E-state index in [4.69, 9.17) is 9.47 Å². The summed E-state index contributed by atoms with van der Waals surface area (Å²) in [4.78, 5) is 14.5. The lowest BCUT2D eigenvalue weighted by Crippen LogP contribution is -2.48. The maximum atomic E-state index is 13.4. The first kappa shape index (κ1) is 20.3. The summed E-state index contributed by atoms with van der Waals surface area (Å²) in [5.41, 5.74) is -0.193. The second-order valence-electron chi connectivity index (χ2n) is 7.01. The second kappa shape index (κ2) is 7.67. The normalized spacial score (nSPS) is 23.2. The van der Waals surface area contributed by atoms with Crippen LogP contribution in [0.2, 0.25) is 0 Å². The lowest BCUT2D eigenvalue weighted by Gasteiger charge is -2.38. The van der Waals surface area contributed by atoms with Gasteiger partial charge in [0.1, 0.15) is 5.82 Å². The summed E-state index contributed by atoms with van der Waals surface area (Å²) in [5.74, 6) is -0.160. The Labute approximate surface area is 177 Å². The summed E-state index contributed by atoms with van der Waals surface area (Å²) in [5, 5.41) is 21.7. The molecular formula is C22H19FN2O4S. The molecule has 154 valence electrons. The topological polar surface area (TPSA) is 82.8 Å². The number of carbonyl (C=O) groups excluding carboxylic acids is 1. The first-order valence-electron chi connectivity index (χ1n) is 9.24. The van der Waals surface area contributed by atoms with E-state index >= 15 is 0 Å². The molecule has 2 aliphatic heterocycles. The van der Waals surface area contributed by atoms with Crippen LogP contribution in [-0.2, 0) is 10.5 Å². The minimum Gasteiger partial charge on any atom is -0.493 e. The molecule has 30 heavy (non-hydrogen) atoms. The Hall–Kier alpha value is -3.02. The van der Waals surface area contributed by atoms with E-state index in [1.54, 1.807) is 18.2 Å². The fourth-order valence-electron chi connectivity index (χ4n) is 4.01. The van der Waals surface area contributed by atoms with E-state index in [0.29, 0.717) is 33.2 Å². The predicted octanol–water partition coefficient (Wildman–Crippen LogP) is 3.49. The van der Waals surface area contributed by atoms with Crippen LogP contribution < -0.4 is 9.47 Å². The Morgan fingerprint density at radius 1 is 1.23 bits per heavy atom. The van der Waals surface area contributed by atoms with E-state index in [2.05, 4.69) is 6.07 Å². The van der Waals surface area contributed by atoms with Crippen LogP contribution in [0, 0.1) is 17.1 Å². The van der Waals surface area contributed by atoms with Crippen molar-refractivity contribution in [3.8, 4) is 17.6 Å². The average Bonchev–Trinajstić information content (AvgIpc) is 3.12. The van der Waals surface area contributed by atoms with E-state index in [1.165, 1.54) is 55.1 Å². The van der Waals surface area contributed by atoms with Crippen LogP contribution in [0.4, 0.5) is 4.39 Å². The SMILES string of the molecule is COc1cccc([C@H]2CC(=O)N3C(=C2C#N)SC[C@@]3(O)c2ccc(F)cc2)c1OC. The number of fused-ring (bicyclic) bond motifs is 1. The number of methoxy groups -OCH3 is 2. The van der Waals surface area contributed by atoms with Gasteiger partial charge in [0.05, 0.1) is 36.6 Å². The van der Waals surface area contributed by atoms with Crippen molar-refractivity contribution in [1.29, 1.82) is 5.26 Å². The average molecular weight is 426 g/mol. The third-order valence-electron chi connectivity index (χ3n) is 5.43. The van der Waals surface area contributed by atoms with Crippen molar-refractivity contribution in [3.63, 3.8) is 0 Å². The molecule has 0 unspecified atom stereocenters. The van der Waals surface area contributed by atoms with Gasteiger partial charge in [-0.1, -0.05) is 24.3 Å². The Morgan fingerprint density at radius 3 is 2.60 bits per heavy atom. The van der Waals surface area contributed by atoms with Gasteiger partial charge in [-0.25, -0.2) is 4.39 Å². The Bertz CT molecular complexity index is 1080. The number of ether oxygens (including phenoxy) is 2. The van der Waals surface area contributed by atoms with Crippen LogP contribution in [0.1, 0.15) is 23.5 Å². The van der Waals surface area contributed by atoms with Gasteiger partial charge in [-0.05, 0) is 18.2 Å². The van der Waals surface area contributed by atoms with E-state index in [-0.39, 0.29) is 18.1 Å². The fourth-order valence-corrected chi connectivity index (χ4v) is 5.37. The quantitative estimate of drug-likeness (QED) is 0.806. The molecule has 8 heteroatoms. The maximum absolute atomic E-state index is 13.4. The molecule has 0 aliphatic carbocycles. The summed E-state index contributed by atoms with van der Waals surface area (Å²) in [7, 11) is 3.03. The van der Waals surface area contributed by atoms with Gasteiger partial charge in [-0.2, -0.15) is 5.26 Å². The molecular weight excluding hydrogens is 407 g/mol. The number of rotatable bonds is 4. The number of allylic oxidation sites excluding steroid dienone is 1. The minimum absolute atomic E-state index is 0.0139. The van der Waals surface area contributed by atoms with Crippen LogP contribution >= 0.6 is 11.8 Å². The molecule has 2 aromatic carbocycles. The number of nitrogens with zero attached hydrogens (tertiary/aromatic N) is 2. The molecule has 4 rings (SSSR count). The van der Waals surface area contributed by atoms with Crippen LogP contribution in [0.25, 0.3) is 0 Å².